The number of carbonyl (C=O) groups is 2. The second-order valence-corrected chi connectivity index (χ2v) is 3.66. The Hall–Kier alpha value is -1.74. The lowest BCUT2D eigenvalue weighted by Gasteiger charge is -2.08. The summed E-state index contributed by atoms with van der Waals surface area (Å²) in [5, 5.41) is 48.6. The minimum atomic E-state index is -1.73. The molecule has 8 nitrogen and oxygen atoms in total. The van der Waals surface area contributed by atoms with Crippen LogP contribution in [0.1, 0.15) is 20.3 Å². The maximum Gasteiger partial charge on any atom is 0.330 e. The topological polar surface area (TPSA) is 156 Å². The van der Waals surface area contributed by atoms with Gasteiger partial charge in [-0.15, -0.1) is 0 Å². The Morgan fingerprint density at radius 1 is 0.950 bits per heavy atom. The van der Waals surface area contributed by atoms with Crippen LogP contribution in [-0.2, 0) is 9.59 Å². The van der Waals surface area contributed by atoms with Crippen LogP contribution in [0.3, 0.4) is 0 Å². The van der Waals surface area contributed by atoms with Gasteiger partial charge in [0.05, 0.1) is 0 Å². The molecule has 0 saturated carbocycles. The summed E-state index contributed by atoms with van der Waals surface area (Å²) in [6.07, 6.45) is -2.96. The van der Waals surface area contributed by atoms with Gasteiger partial charge in [0.25, 0.3) is 0 Å². The number of hydrogen-bond donors (Lipinski definition) is 6. The lowest BCUT2D eigenvalue weighted by Crippen LogP contribution is -2.25. The zero-order valence-corrected chi connectivity index (χ0v) is 11.5. The SMILES string of the molecule is C=C(C)C(=O)O.C=C(C)C(=O)O.OCCC(O)C(O)O. The van der Waals surface area contributed by atoms with Gasteiger partial charge in [-0.2, -0.15) is 0 Å². The summed E-state index contributed by atoms with van der Waals surface area (Å²) < 4.78 is 0. The van der Waals surface area contributed by atoms with E-state index in [1.54, 1.807) is 0 Å². The standard InChI is InChI=1S/C4H10O4.2C4H6O2/c5-2-1-3(6)4(7)8;2*1-3(2)4(5)6/h3-8H,1-2H2;2*1H2,2H3,(H,5,6). The summed E-state index contributed by atoms with van der Waals surface area (Å²) in [4.78, 5) is 19.2. The highest BCUT2D eigenvalue weighted by atomic mass is 16.5. The van der Waals surface area contributed by atoms with E-state index in [9.17, 15) is 9.59 Å². The Morgan fingerprint density at radius 3 is 1.25 bits per heavy atom. The summed E-state index contributed by atoms with van der Waals surface area (Å²) in [6, 6.07) is 0. The lowest BCUT2D eigenvalue weighted by atomic mass is 10.2. The normalized spacial score (nSPS) is 10.3. The van der Waals surface area contributed by atoms with Crippen LogP contribution in [0.15, 0.2) is 24.3 Å². The number of aliphatic carboxylic acids is 2. The molecule has 0 saturated heterocycles. The molecule has 0 bridgehead atoms. The average Bonchev–Trinajstić information content (AvgIpc) is 2.30. The number of aliphatic hydroxyl groups is 4. The van der Waals surface area contributed by atoms with E-state index in [0.717, 1.165) is 0 Å². The van der Waals surface area contributed by atoms with Crippen LogP contribution in [0, 0.1) is 0 Å². The maximum absolute atomic E-state index is 9.60. The van der Waals surface area contributed by atoms with Crippen molar-refractivity contribution >= 4 is 11.9 Å². The van der Waals surface area contributed by atoms with Crippen molar-refractivity contribution in [2.45, 2.75) is 32.7 Å². The minimum Gasteiger partial charge on any atom is -0.478 e. The maximum atomic E-state index is 9.60. The van der Waals surface area contributed by atoms with Gasteiger partial charge in [0.2, 0.25) is 0 Å². The Kier molecular flexibility index (Phi) is 16.0. The third-order valence-corrected chi connectivity index (χ3v) is 1.50. The number of aliphatic hydroxyl groups excluding tert-OH is 3. The number of carboxylic acids is 2. The van der Waals surface area contributed by atoms with Gasteiger partial charge in [-0.1, -0.05) is 13.2 Å². The van der Waals surface area contributed by atoms with Crippen molar-refractivity contribution in [2.75, 3.05) is 6.61 Å². The molecule has 0 aromatic heterocycles. The molecule has 0 heterocycles. The molecule has 1 atom stereocenters. The van der Waals surface area contributed by atoms with Crippen LogP contribution in [-0.4, -0.2) is 61.6 Å². The molecule has 0 aliphatic rings. The first-order chi connectivity index (χ1) is 8.97. The van der Waals surface area contributed by atoms with Crippen LogP contribution >= 0.6 is 0 Å². The monoisotopic (exact) mass is 294 g/mol. The largest absolute Gasteiger partial charge is 0.478 e. The zero-order chi connectivity index (χ0) is 16.9. The molecule has 6 N–H and O–H groups in total. The molecule has 0 fully saturated rings. The number of hydrogen-bond acceptors (Lipinski definition) is 6. The molecule has 8 heteroatoms. The average molecular weight is 294 g/mol. The summed E-state index contributed by atoms with van der Waals surface area (Å²) in [6.45, 7) is 8.97. The van der Waals surface area contributed by atoms with Gasteiger partial charge in [-0.25, -0.2) is 9.59 Å². The summed E-state index contributed by atoms with van der Waals surface area (Å²) in [7, 11) is 0. The van der Waals surface area contributed by atoms with Crippen LogP contribution < -0.4 is 0 Å². The van der Waals surface area contributed by atoms with E-state index in [1.165, 1.54) is 13.8 Å². The first-order valence-corrected chi connectivity index (χ1v) is 5.39. The van der Waals surface area contributed by atoms with Gasteiger partial charge in [-0.3, -0.25) is 0 Å². The second kappa shape index (κ2) is 13.7. The predicted octanol–water partition coefficient (Wildman–Crippen LogP) is -0.665. The Bertz CT molecular complexity index is 273. The molecule has 20 heavy (non-hydrogen) atoms. The summed E-state index contributed by atoms with van der Waals surface area (Å²) >= 11 is 0. The molecule has 0 rings (SSSR count). The summed E-state index contributed by atoms with van der Waals surface area (Å²) in [5.41, 5.74) is 0.352. The molecule has 0 aromatic rings. The third kappa shape index (κ3) is 21.5. The molecule has 0 aliphatic carbocycles. The lowest BCUT2D eigenvalue weighted by molar-refractivity contribution is -0.133. The van der Waals surface area contributed by atoms with Gasteiger partial charge < -0.3 is 30.6 Å². The van der Waals surface area contributed by atoms with E-state index >= 15 is 0 Å². The van der Waals surface area contributed by atoms with Crippen LogP contribution in [0.2, 0.25) is 0 Å². The molecular formula is C12H22O8. The van der Waals surface area contributed by atoms with Crippen LogP contribution in [0.5, 0.6) is 0 Å². The fourth-order valence-corrected chi connectivity index (χ4v) is 0.281. The van der Waals surface area contributed by atoms with E-state index in [4.69, 9.17) is 30.6 Å². The van der Waals surface area contributed by atoms with Crippen molar-refractivity contribution < 1.29 is 40.2 Å². The Morgan fingerprint density at radius 2 is 1.20 bits per heavy atom. The van der Waals surface area contributed by atoms with Crippen molar-refractivity contribution in [3.8, 4) is 0 Å². The van der Waals surface area contributed by atoms with Crippen molar-refractivity contribution in [2.24, 2.45) is 0 Å². The van der Waals surface area contributed by atoms with Gasteiger partial charge in [0, 0.05) is 24.2 Å². The molecule has 0 amide bonds. The summed E-state index contributed by atoms with van der Waals surface area (Å²) in [5.74, 6) is -1.87. The highest BCUT2D eigenvalue weighted by Gasteiger charge is 2.10. The first-order valence-electron chi connectivity index (χ1n) is 5.39. The number of carboxylic acid groups (broad SMARTS) is 2. The predicted molar refractivity (Wildman–Crippen MR) is 70.8 cm³/mol. The fourth-order valence-electron chi connectivity index (χ4n) is 0.281. The molecule has 0 radical (unpaired) electrons. The Labute approximate surface area is 116 Å². The minimum absolute atomic E-state index is 0.00231. The van der Waals surface area contributed by atoms with Crippen LogP contribution in [0.25, 0.3) is 0 Å². The zero-order valence-electron chi connectivity index (χ0n) is 11.5. The van der Waals surface area contributed by atoms with E-state index < -0.39 is 24.3 Å². The first kappa shape index (κ1) is 23.4. The van der Waals surface area contributed by atoms with Gasteiger partial charge >= 0.3 is 11.9 Å². The van der Waals surface area contributed by atoms with Crippen molar-refractivity contribution in [3.63, 3.8) is 0 Å². The highest BCUT2D eigenvalue weighted by molar-refractivity contribution is 5.85. The second-order valence-electron chi connectivity index (χ2n) is 3.66. The van der Waals surface area contributed by atoms with Crippen molar-refractivity contribution in [3.05, 3.63) is 24.3 Å². The van der Waals surface area contributed by atoms with Crippen molar-refractivity contribution in [1.29, 1.82) is 0 Å². The number of rotatable bonds is 5. The molecular weight excluding hydrogens is 272 g/mol. The van der Waals surface area contributed by atoms with E-state index in [1.807, 2.05) is 0 Å². The van der Waals surface area contributed by atoms with Crippen LogP contribution in [0.4, 0.5) is 0 Å². The fraction of sp³-hybridized carbons (Fsp3) is 0.500. The molecule has 0 spiro atoms. The van der Waals surface area contributed by atoms with Crippen molar-refractivity contribution in [1.82, 2.24) is 0 Å². The molecule has 118 valence electrons. The van der Waals surface area contributed by atoms with Gasteiger partial charge in [0.1, 0.15) is 6.10 Å². The van der Waals surface area contributed by atoms with Gasteiger partial charge in [-0.05, 0) is 13.8 Å². The molecule has 0 aromatic carbocycles. The van der Waals surface area contributed by atoms with E-state index in [2.05, 4.69) is 13.2 Å². The Balaban J connectivity index is -0.000000221. The van der Waals surface area contributed by atoms with E-state index in [0.29, 0.717) is 0 Å². The quantitative estimate of drug-likeness (QED) is 0.288. The molecule has 0 aliphatic heterocycles. The third-order valence-electron chi connectivity index (χ3n) is 1.50. The van der Waals surface area contributed by atoms with E-state index in [-0.39, 0.29) is 24.2 Å². The highest BCUT2D eigenvalue weighted by Crippen LogP contribution is 1.92. The molecule has 1 unspecified atom stereocenters. The smallest absolute Gasteiger partial charge is 0.330 e. The van der Waals surface area contributed by atoms with Gasteiger partial charge in [0.15, 0.2) is 6.29 Å².